The van der Waals surface area contributed by atoms with Gasteiger partial charge in [-0.2, -0.15) is 16.1 Å². The molecule has 0 atom stereocenters. The molecule has 0 heterocycles. The van der Waals surface area contributed by atoms with E-state index in [0.717, 1.165) is 20.7 Å². The number of nitrogens with one attached hydrogen (secondary N) is 1. The van der Waals surface area contributed by atoms with Gasteiger partial charge in [0.15, 0.2) is 0 Å². The fourth-order valence-electron chi connectivity index (χ4n) is 2.30. The van der Waals surface area contributed by atoms with Crippen LogP contribution in [0, 0.1) is 0 Å². The molecule has 5 nitrogen and oxygen atoms in total. The number of hydrogen-bond donors (Lipinski definition) is 1. The maximum Gasteiger partial charge on any atom is 0.243 e. The average Bonchev–Trinajstić information content (AvgIpc) is 2.69. The number of rotatable bonds is 10. The molecule has 0 bridgehead atoms. The molecular formula is C19H23ClN2O3S3. The Balaban J connectivity index is 1.74. The number of carbonyl (C=O) groups excluding carboxylic acids is 1. The number of nitrogens with zero attached hydrogens (tertiary/aromatic N) is 1. The predicted molar refractivity (Wildman–Crippen MR) is 119 cm³/mol. The first-order valence-electron chi connectivity index (χ1n) is 8.52. The number of sulfonamides is 1. The van der Waals surface area contributed by atoms with Crippen LogP contribution >= 0.6 is 35.1 Å². The zero-order chi connectivity index (χ0) is 20.6. The summed E-state index contributed by atoms with van der Waals surface area (Å²) in [6, 6.07) is 14.3. The summed E-state index contributed by atoms with van der Waals surface area (Å²) in [5, 5.41) is 3.47. The topological polar surface area (TPSA) is 66.5 Å². The molecule has 2 rings (SSSR count). The van der Waals surface area contributed by atoms with Gasteiger partial charge in [-0.1, -0.05) is 23.7 Å². The van der Waals surface area contributed by atoms with Gasteiger partial charge in [0.25, 0.3) is 0 Å². The van der Waals surface area contributed by atoms with E-state index in [1.807, 2.05) is 30.5 Å². The van der Waals surface area contributed by atoms with Crippen molar-refractivity contribution in [3.63, 3.8) is 0 Å². The van der Waals surface area contributed by atoms with Crippen molar-refractivity contribution in [3.05, 3.63) is 59.1 Å². The summed E-state index contributed by atoms with van der Waals surface area (Å²) in [6.45, 7) is 0.266. The number of likely N-dealkylation sites (N-methyl/N-ethyl adjacent to an activating group) is 1. The molecule has 0 unspecified atom stereocenters. The van der Waals surface area contributed by atoms with Crippen LogP contribution in [0.25, 0.3) is 0 Å². The van der Waals surface area contributed by atoms with Gasteiger partial charge in [-0.15, -0.1) is 11.8 Å². The van der Waals surface area contributed by atoms with Gasteiger partial charge in [0.1, 0.15) is 0 Å². The molecule has 1 N–H and O–H groups in total. The van der Waals surface area contributed by atoms with Crippen LogP contribution in [-0.4, -0.2) is 50.8 Å². The normalized spacial score (nSPS) is 11.6. The second kappa shape index (κ2) is 11.1. The van der Waals surface area contributed by atoms with Crippen LogP contribution in [0.4, 0.5) is 0 Å². The molecule has 0 spiro atoms. The third-order valence-electron chi connectivity index (χ3n) is 3.88. The van der Waals surface area contributed by atoms with Crippen LogP contribution in [0.1, 0.15) is 5.56 Å². The highest BCUT2D eigenvalue weighted by atomic mass is 35.5. The molecule has 0 saturated heterocycles. The van der Waals surface area contributed by atoms with Gasteiger partial charge in [-0.3, -0.25) is 4.79 Å². The minimum absolute atomic E-state index is 0.180. The Morgan fingerprint density at radius 2 is 1.75 bits per heavy atom. The second-order valence-corrected chi connectivity index (χ2v) is 10.4. The van der Waals surface area contributed by atoms with E-state index in [-0.39, 0.29) is 17.3 Å². The highest BCUT2D eigenvalue weighted by molar-refractivity contribution is 7.98. The molecule has 28 heavy (non-hydrogen) atoms. The highest BCUT2D eigenvalue weighted by Crippen LogP contribution is 2.20. The molecule has 0 aliphatic carbocycles. The maximum absolute atomic E-state index is 12.5. The van der Waals surface area contributed by atoms with Crippen LogP contribution in [0.15, 0.2) is 58.3 Å². The molecule has 152 valence electrons. The molecule has 9 heteroatoms. The zero-order valence-corrected chi connectivity index (χ0v) is 18.9. The summed E-state index contributed by atoms with van der Waals surface area (Å²) in [5.41, 5.74) is 1.17. The van der Waals surface area contributed by atoms with Crippen molar-refractivity contribution in [1.29, 1.82) is 0 Å². The third-order valence-corrected chi connectivity index (χ3v) is 7.73. The monoisotopic (exact) mass is 458 g/mol. The number of carbonyl (C=O) groups is 1. The fraction of sp³-hybridized carbons (Fsp3) is 0.316. The van der Waals surface area contributed by atoms with Crippen molar-refractivity contribution in [2.45, 2.75) is 15.5 Å². The average molecular weight is 459 g/mol. The van der Waals surface area contributed by atoms with E-state index in [1.54, 1.807) is 36.0 Å². The first-order chi connectivity index (χ1) is 13.3. The minimum Gasteiger partial charge on any atom is -0.354 e. The molecular weight excluding hydrogens is 436 g/mol. The number of thioether (sulfide) groups is 2. The van der Waals surface area contributed by atoms with Gasteiger partial charge in [0.2, 0.25) is 15.9 Å². The van der Waals surface area contributed by atoms with E-state index in [4.69, 9.17) is 11.6 Å². The van der Waals surface area contributed by atoms with Crippen molar-refractivity contribution in [2.24, 2.45) is 0 Å². The van der Waals surface area contributed by atoms with Crippen molar-refractivity contribution in [3.8, 4) is 0 Å². The molecule has 0 aromatic heterocycles. The largest absolute Gasteiger partial charge is 0.354 e. The van der Waals surface area contributed by atoms with Crippen molar-refractivity contribution < 1.29 is 13.2 Å². The minimum atomic E-state index is -3.69. The lowest BCUT2D eigenvalue weighted by Gasteiger charge is -2.17. The van der Waals surface area contributed by atoms with Gasteiger partial charge >= 0.3 is 0 Å². The lowest BCUT2D eigenvalue weighted by atomic mass is 10.2. The van der Waals surface area contributed by atoms with Crippen molar-refractivity contribution in [1.82, 2.24) is 9.62 Å². The summed E-state index contributed by atoms with van der Waals surface area (Å²) >= 11 is 9.08. The van der Waals surface area contributed by atoms with Crippen LogP contribution in [0.2, 0.25) is 5.02 Å². The van der Waals surface area contributed by atoms with Crippen LogP contribution < -0.4 is 5.32 Å². The summed E-state index contributed by atoms with van der Waals surface area (Å²) < 4.78 is 26.2. The van der Waals surface area contributed by atoms with Crippen LogP contribution in [0.5, 0.6) is 0 Å². The Morgan fingerprint density at radius 1 is 1.11 bits per heavy atom. The zero-order valence-electron chi connectivity index (χ0n) is 15.7. The summed E-state index contributed by atoms with van der Waals surface area (Å²) in [7, 11) is -2.28. The number of amides is 1. The van der Waals surface area contributed by atoms with E-state index in [9.17, 15) is 13.2 Å². The first-order valence-corrected chi connectivity index (χ1v) is 12.7. The van der Waals surface area contributed by atoms with E-state index in [1.165, 1.54) is 24.4 Å². The second-order valence-electron chi connectivity index (χ2n) is 5.97. The molecule has 2 aromatic carbocycles. The lowest BCUT2D eigenvalue weighted by molar-refractivity contribution is -0.121. The van der Waals surface area contributed by atoms with E-state index >= 15 is 0 Å². The number of halogens is 1. The van der Waals surface area contributed by atoms with Gasteiger partial charge in [-0.25, -0.2) is 8.42 Å². The summed E-state index contributed by atoms with van der Waals surface area (Å²) in [4.78, 5) is 13.2. The molecule has 2 aromatic rings. The van der Waals surface area contributed by atoms with Crippen molar-refractivity contribution >= 4 is 51.1 Å². The summed E-state index contributed by atoms with van der Waals surface area (Å²) in [5.74, 6) is 1.24. The number of hydrogen-bond acceptors (Lipinski definition) is 5. The van der Waals surface area contributed by atoms with E-state index in [0.29, 0.717) is 11.6 Å². The highest BCUT2D eigenvalue weighted by Gasteiger charge is 2.22. The number of benzene rings is 2. The van der Waals surface area contributed by atoms with Crippen LogP contribution in [-0.2, 0) is 20.6 Å². The Bertz CT molecular complexity index is 872. The third kappa shape index (κ3) is 7.00. The van der Waals surface area contributed by atoms with E-state index < -0.39 is 10.0 Å². The quantitative estimate of drug-likeness (QED) is 0.434. The predicted octanol–water partition coefficient (Wildman–Crippen LogP) is 3.73. The fourth-order valence-corrected chi connectivity index (χ4v) is 4.78. The first kappa shape index (κ1) is 23.1. The van der Waals surface area contributed by atoms with Crippen LogP contribution in [0.3, 0.4) is 0 Å². The maximum atomic E-state index is 12.5. The molecule has 0 radical (unpaired) electrons. The molecule has 0 saturated carbocycles. The Morgan fingerprint density at radius 3 is 2.36 bits per heavy atom. The van der Waals surface area contributed by atoms with Gasteiger partial charge in [0.05, 0.1) is 11.4 Å². The van der Waals surface area contributed by atoms with Crippen molar-refractivity contribution in [2.75, 3.05) is 32.1 Å². The van der Waals surface area contributed by atoms with Gasteiger partial charge in [-0.05, 0) is 48.2 Å². The SMILES string of the molecule is CSc1ccc(S(=O)(=O)N(C)CC(=O)NCCSCc2ccc(Cl)cc2)cc1. The Kier molecular flexibility index (Phi) is 9.17. The summed E-state index contributed by atoms with van der Waals surface area (Å²) in [6.07, 6.45) is 1.92. The lowest BCUT2D eigenvalue weighted by Crippen LogP contribution is -2.39. The smallest absolute Gasteiger partial charge is 0.243 e. The van der Waals surface area contributed by atoms with Gasteiger partial charge < -0.3 is 5.32 Å². The molecule has 0 fully saturated rings. The Labute approximate surface area is 180 Å². The molecule has 0 aliphatic rings. The molecule has 1 amide bonds. The van der Waals surface area contributed by atoms with Gasteiger partial charge in [0, 0.05) is 35.0 Å². The Hall–Kier alpha value is -1.19. The van der Waals surface area contributed by atoms with E-state index in [2.05, 4.69) is 5.32 Å². The standard InChI is InChI=1S/C19H23ClN2O3S3/c1-22(28(24,25)18-9-7-17(26-2)8-10-18)13-19(23)21-11-12-27-14-15-3-5-16(20)6-4-15/h3-10H,11-14H2,1-2H3,(H,21,23). The molecule has 0 aliphatic heterocycles.